The third-order valence-electron chi connectivity index (χ3n) is 6.77. The number of hydrazine groups is 1. The van der Waals surface area contributed by atoms with Crippen molar-refractivity contribution in [3.05, 3.63) is 53.8 Å². The molecule has 4 aromatic rings. The molecule has 5 N–H and O–H groups in total. The molecule has 0 radical (unpaired) electrons. The molecule has 1 fully saturated rings. The van der Waals surface area contributed by atoms with Gasteiger partial charge in [-0.1, -0.05) is 0 Å². The molecule has 0 saturated carbocycles. The van der Waals surface area contributed by atoms with Crippen molar-refractivity contribution in [3.8, 4) is 44.7 Å². The molecule has 45 heavy (non-hydrogen) atoms. The van der Waals surface area contributed by atoms with Crippen LogP contribution in [0.15, 0.2) is 48.2 Å². The van der Waals surface area contributed by atoms with Crippen molar-refractivity contribution >= 4 is 29.1 Å². The highest BCUT2D eigenvalue weighted by Crippen LogP contribution is 2.41. The summed E-state index contributed by atoms with van der Waals surface area (Å²) in [5.41, 5.74) is 5.46. The Bertz CT molecular complexity index is 1630. The van der Waals surface area contributed by atoms with Gasteiger partial charge in [0.25, 0.3) is 5.91 Å². The zero-order valence-electron chi connectivity index (χ0n) is 24.9. The lowest BCUT2D eigenvalue weighted by Gasteiger charge is -2.24. The first-order valence-electron chi connectivity index (χ1n) is 14.3. The second-order valence-electron chi connectivity index (χ2n) is 9.81. The molecule has 5 heterocycles. The van der Waals surface area contributed by atoms with Crippen molar-refractivity contribution in [3.63, 3.8) is 0 Å². The zero-order chi connectivity index (χ0) is 31.6. The number of nitrogens with zero attached hydrogens (tertiary/aromatic N) is 4. The van der Waals surface area contributed by atoms with E-state index in [2.05, 4.69) is 31.0 Å². The van der Waals surface area contributed by atoms with E-state index in [0.717, 1.165) is 0 Å². The number of urea groups is 1. The molecule has 0 atom stereocenters. The van der Waals surface area contributed by atoms with Gasteiger partial charge in [-0.2, -0.15) is 0 Å². The van der Waals surface area contributed by atoms with E-state index in [1.165, 1.54) is 17.5 Å². The molecule has 0 unspecified atom stereocenters. The van der Waals surface area contributed by atoms with Crippen LogP contribution in [0.5, 0.6) is 11.8 Å². The van der Waals surface area contributed by atoms with Crippen molar-refractivity contribution in [1.29, 1.82) is 0 Å². The summed E-state index contributed by atoms with van der Waals surface area (Å²) in [7, 11) is 1.60. The van der Waals surface area contributed by atoms with Gasteiger partial charge in [-0.05, 0) is 31.2 Å². The number of thiazole rings is 1. The van der Waals surface area contributed by atoms with Crippen LogP contribution in [0.4, 0.5) is 10.6 Å². The second kappa shape index (κ2) is 15.3. The molecular formula is C30H34N8O6S. The van der Waals surface area contributed by atoms with Gasteiger partial charge in [-0.25, -0.2) is 30.6 Å². The van der Waals surface area contributed by atoms with Crippen LogP contribution in [0.2, 0.25) is 0 Å². The highest BCUT2D eigenvalue weighted by molar-refractivity contribution is 7.13. The molecule has 1 saturated heterocycles. The standard InChI is InChI=1S/C30H34N8O6S/c1-3-32-30(40)37-25-14-22(29-36-24(17-45-29)20-5-4-8-33-27(20)43-12-11-41-2)23(16-34-25)21-13-18(26(39)38-31)15-35-28(21)44-19-6-9-42-10-7-19/h4-5,8,13-17,19H,3,6-7,9-12,31H2,1-2H3,(H,38,39)(H2,32,34,37,40). The monoisotopic (exact) mass is 634 g/mol. The Labute approximate surface area is 263 Å². The average molecular weight is 635 g/mol. The maximum Gasteiger partial charge on any atom is 0.320 e. The minimum Gasteiger partial charge on any atom is -0.475 e. The first-order chi connectivity index (χ1) is 22.0. The Morgan fingerprint density at radius 3 is 2.67 bits per heavy atom. The number of carbonyl (C=O) groups is 2. The Morgan fingerprint density at radius 2 is 1.89 bits per heavy atom. The lowest BCUT2D eigenvalue weighted by atomic mass is 10.0. The molecule has 15 heteroatoms. The number of hydrogen-bond donors (Lipinski definition) is 4. The number of methoxy groups -OCH3 is 1. The van der Waals surface area contributed by atoms with Crippen molar-refractivity contribution in [2.45, 2.75) is 25.9 Å². The number of nitrogens with two attached hydrogens (primary N) is 1. The fourth-order valence-corrected chi connectivity index (χ4v) is 5.43. The van der Waals surface area contributed by atoms with Crippen molar-refractivity contribution < 1.29 is 28.5 Å². The summed E-state index contributed by atoms with van der Waals surface area (Å²) in [5, 5.41) is 7.97. The summed E-state index contributed by atoms with van der Waals surface area (Å²) in [6.45, 7) is 4.16. The molecule has 236 valence electrons. The van der Waals surface area contributed by atoms with E-state index in [1.807, 2.05) is 24.4 Å². The van der Waals surface area contributed by atoms with E-state index < -0.39 is 11.9 Å². The van der Waals surface area contributed by atoms with E-state index in [0.29, 0.717) is 96.3 Å². The number of amides is 3. The van der Waals surface area contributed by atoms with E-state index >= 15 is 0 Å². The van der Waals surface area contributed by atoms with Crippen molar-refractivity contribution in [2.75, 3.05) is 45.4 Å². The van der Waals surface area contributed by atoms with Gasteiger partial charge < -0.3 is 24.3 Å². The lowest BCUT2D eigenvalue weighted by molar-refractivity contribution is 0.0240. The van der Waals surface area contributed by atoms with Crippen LogP contribution < -0.4 is 31.4 Å². The van der Waals surface area contributed by atoms with Crippen LogP contribution >= 0.6 is 11.3 Å². The number of carbonyl (C=O) groups excluding carboxylic acids is 2. The number of nitrogens with one attached hydrogen (secondary N) is 3. The predicted octanol–water partition coefficient (Wildman–Crippen LogP) is 3.66. The van der Waals surface area contributed by atoms with Crippen LogP contribution in [-0.4, -0.2) is 78.1 Å². The first-order valence-corrected chi connectivity index (χ1v) is 15.2. The van der Waals surface area contributed by atoms with Gasteiger partial charge in [0.15, 0.2) is 0 Å². The number of aromatic nitrogens is 4. The fraction of sp³-hybridized carbons (Fsp3) is 0.333. The summed E-state index contributed by atoms with van der Waals surface area (Å²) in [6.07, 6.45) is 5.93. The van der Waals surface area contributed by atoms with Crippen LogP contribution in [0.25, 0.3) is 33.0 Å². The van der Waals surface area contributed by atoms with Gasteiger partial charge in [-0.3, -0.25) is 15.5 Å². The van der Waals surface area contributed by atoms with Crippen LogP contribution in [0.3, 0.4) is 0 Å². The van der Waals surface area contributed by atoms with Crippen LogP contribution in [0, 0.1) is 0 Å². The summed E-state index contributed by atoms with van der Waals surface area (Å²) >= 11 is 1.39. The van der Waals surface area contributed by atoms with E-state index in [-0.39, 0.29) is 11.7 Å². The topological polar surface area (TPSA) is 185 Å². The predicted molar refractivity (Wildman–Crippen MR) is 168 cm³/mol. The number of pyridine rings is 3. The molecule has 14 nitrogen and oxygen atoms in total. The summed E-state index contributed by atoms with van der Waals surface area (Å²) in [6, 6.07) is 6.66. The minimum absolute atomic E-state index is 0.122. The minimum atomic E-state index is -0.514. The Hall–Kier alpha value is -4.70. The molecule has 0 bridgehead atoms. The maximum atomic E-state index is 12.5. The van der Waals surface area contributed by atoms with Gasteiger partial charge in [-0.15, -0.1) is 11.3 Å². The number of hydrogen-bond acceptors (Lipinski definition) is 12. The molecular weight excluding hydrogens is 600 g/mol. The Balaban J connectivity index is 1.61. The van der Waals surface area contributed by atoms with Gasteiger partial charge in [0.2, 0.25) is 11.8 Å². The molecule has 0 aromatic carbocycles. The third kappa shape index (κ3) is 7.88. The van der Waals surface area contributed by atoms with Crippen molar-refractivity contribution in [1.82, 2.24) is 30.7 Å². The van der Waals surface area contributed by atoms with E-state index in [4.69, 9.17) is 29.8 Å². The lowest BCUT2D eigenvalue weighted by Crippen LogP contribution is -2.30. The number of nitrogen functional groups attached to an aromatic ring is 1. The quantitative estimate of drug-likeness (QED) is 0.0772. The largest absolute Gasteiger partial charge is 0.475 e. The molecule has 1 aliphatic heterocycles. The SMILES string of the molecule is CCNC(=O)Nc1cc(-c2nc(-c3cccnc3OCCOC)cs2)c(-c2cc(C(=O)NN)cnc2OC2CCOCC2)cn1. The van der Waals surface area contributed by atoms with Gasteiger partial charge in [0, 0.05) is 67.2 Å². The molecule has 3 amide bonds. The third-order valence-corrected chi connectivity index (χ3v) is 7.65. The van der Waals surface area contributed by atoms with E-state index in [9.17, 15) is 9.59 Å². The van der Waals surface area contributed by atoms with Crippen LogP contribution in [0.1, 0.15) is 30.1 Å². The molecule has 1 aliphatic rings. The van der Waals surface area contributed by atoms with Gasteiger partial charge in [0.05, 0.1) is 36.6 Å². The van der Waals surface area contributed by atoms with E-state index in [1.54, 1.807) is 31.6 Å². The van der Waals surface area contributed by atoms with Crippen molar-refractivity contribution in [2.24, 2.45) is 5.84 Å². The Kier molecular flexibility index (Phi) is 10.8. The highest BCUT2D eigenvalue weighted by atomic mass is 32.1. The number of rotatable bonds is 12. The summed E-state index contributed by atoms with van der Waals surface area (Å²) in [5.74, 6) is 5.98. The molecule has 5 rings (SSSR count). The zero-order valence-corrected chi connectivity index (χ0v) is 25.7. The molecule has 0 aliphatic carbocycles. The Morgan fingerprint density at radius 1 is 1.04 bits per heavy atom. The fourth-order valence-electron chi connectivity index (χ4n) is 4.58. The summed E-state index contributed by atoms with van der Waals surface area (Å²) < 4.78 is 22.8. The highest BCUT2D eigenvalue weighted by Gasteiger charge is 2.24. The second-order valence-corrected chi connectivity index (χ2v) is 10.7. The smallest absolute Gasteiger partial charge is 0.320 e. The maximum absolute atomic E-state index is 12.5. The summed E-state index contributed by atoms with van der Waals surface area (Å²) in [4.78, 5) is 43.2. The number of ether oxygens (including phenoxy) is 4. The van der Waals surface area contributed by atoms with Crippen LogP contribution in [-0.2, 0) is 9.47 Å². The van der Waals surface area contributed by atoms with Gasteiger partial charge in [0.1, 0.15) is 23.5 Å². The average Bonchev–Trinajstić information content (AvgIpc) is 3.56. The number of anilines is 1. The molecule has 4 aromatic heterocycles. The van der Waals surface area contributed by atoms with Gasteiger partial charge >= 0.3 is 6.03 Å². The molecule has 0 spiro atoms. The first kappa shape index (κ1) is 31.7. The normalized spacial score (nSPS) is 13.2.